The van der Waals surface area contributed by atoms with E-state index in [0.29, 0.717) is 30.5 Å². The predicted octanol–water partition coefficient (Wildman–Crippen LogP) is 3.28. The van der Waals surface area contributed by atoms with Gasteiger partial charge in [-0.15, -0.1) is 0 Å². The largest absolute Gasteiger partial charge is 0.453 e. The van der Waals surface area contributed by atoms with Gasteiger partial charge in [0.1, 0.15) is 12.4 Å². The zero-order valence-electron chi connectivity index (χ0n) is 21.1. The van der Waals surface area contributed by atoms with Crippen LogP contribution in [0.25, 0.3) is 0 Å². The lowest BCUT2D eigenvalue weighted by molar-refractivity contribution is -0.118. The van der Waals surface area contributed by atoms with E-state index in [2.05, 4.69) is 32.8 Å². The van der Waals surface area contributed by atoms with E-state index in [4.69, 9.17) is 9.47 Å². The molecule has 0 aliphatic carbocycles. The fourth-order valence-corrected chi connectivity index (χ4v) is 4.47. The van der Waals surface area contributed by atoms with Crippen molar-refractivity contribution in [2.75, 3.05) is 25.6 Å². The number of methoxy groups -OCH3 is 1. The van der Waals surface area contributed by atoms with E-state index >= 15 is 0 Å². The average Bonchev–Trinajstić information content (AvgIpc) is 2.94. The van der Waals surface area contributed by atoms with Gasteiger partial charge in [0.2, 0.25) is 5.91 Å². The number of morpholine rings is 1. The minimum Gasteiger partial charge on any atom is -0.453 e. The molecule has 2 aromatic carbocycles. The number of rotatable bonds is 9. The van der Waals surface area contributed by atoms with Crippen LogP contribution in [0.5, 0.6) is 0 Å². The van der Waals surface area contributed by atoms with Crippen molar-refractivity contribution in [3.63, 3.8) is 0 Å². The van der Waals surface area contributed by atoms with Gasteiger partial charge >= 0.3 is 6.09 Å². The lowest BCUT2D eigenvalue weighted by Crippen LogP contribution is -2.48. The number of hydrogen-bond acceptors (Lipinski definition) is 7. The van der Waals surface area contributed by atoms with Crippen LogP contribution < -0.4 is 16.0 Å². The number of carbonyl (C=O) groups excluding carboxylic acids is 2. The summed E-state index contributed by atoms with van der Waals surface area (Å²) in [5.74, 6) is -0.859. The standard InChI is InChI=1S/C28H33N5O4/c1-19-17-37-22(15-30-19)13-14-23-24(16-29-18-31-23)32-27(34)26(33-28(35)36-2)25(20-9-5-3-6-10-20)21-11-7-4-8-12-21/h3-12,16,18-19,22,25-26,30H,13-15,17H2,1-2H3,(H,32,34)(H,33,35)/t19-,22-,26?/m1/s1. The predicted molar refractivity (Wildman–Crippen MR) is 140 cm³/mol. The van der Waals surface area contributed by atoms with Crippen molar-refractivity contribution in [1.82, 2.24) is 20.6 Å². The molecule has 0 saturated carbocycles. The van der Waals surface area contributed by atoms with Crippen molar-refractivity contribution in [3.05, 3.63) is 90.0 Å². The summed E-state index contributed by atoms with van der Waals surface area (Å²) in [4.78, 5) is 34.7. The third-order valence-electron chi connectivity index (χ3n) is 6.42. The van der Waals surface area contributed by atoms with Crippen molar-refractivity contribution in [3.8, 4) is 0 Å². The van der Waals surface area contributed by atoms with Gasteiger partial charge in [-0.05, 0) is 30.9 Å². The van der Waals surface area contributed by atoms with Crippen LogP contribution in [0.4, 0.5) is 10.5 Å². The Hall–Kier alpha value is -3.82. The van der Waals surface area contributed by atoms with Crippen molar-refractivity contribution in [1.29, 1.82) is 0 Å². The number of benzene rings is 2. The van der Waals surface area contributed by atoms with Crippen molar-refractivity contribution in [2.24, 2.45) is 0 Å². The van der Waals surface area contributed by atoms with Gasteiger partial charge in [-0.3, -0.25) is 4.79 Å². The van der Waals surface area contributed by atoms with E-state index in [9.17, 15) is 9.59 Å². The topological polar surface area (TPSA) is 114 Å². The summed E-state index contributed by atoms with van der Waals surface area (Å²) < 4.78 is 10.8. The summed E-state index contributed by atoms with van der Waals surface area (Å²) >= 11 is 0. The first-order valence-corrected chi connectivity index (χ1v) is 12.4. The molecule has 1 aromatic heterocycles. The van der Waals surface area contributed by atoms with Gasteiger partial charge in [0.15, 0.2) is 0 Å². The van der Waals surface area contributed by atoms with Gasteiger partial charge in [-0.1, -0.05) is 60.7 Å². The molecule has 4 rings (SSSR count). The molecule has 9 nitrogen and oxygen atoms in total. The maximum atomic E-state index is 13.8. The van der Waals surface area contributed by atoms with Gasteiger partial charge in [0.25, 0.3) is 0 Å². The first-order chi connectivity index (χ1) is 18.0. The summed E-state index contributed by atoms with van der Waals surface area (Å²) in [6, 6.07) is 18.6. The minimum absolute atomic E-state index is 0.0731. The number of aromatic nitrogens is 2. The molecule has 1 fully saturated rings. The quantitative estimate of drug-likeness (QED) is 0.411. The molecule has 1 saturated heterocycles. The number of alkyl carbamates (subject to hydrolysis) is 1. The number of carbonyl (C=O) groups is 2. The first-order valence-electron chi connectivity index (χ1n) is 12.4. The Morgan fingerprint density at radius 2 is 1.78 bits per heavy atom. The molecule has 1 aliphatic heterocycles. The minimum atomic E-state index is -0.960. The number of anilines is 1. The highest BCUT2D eigenvalue weighted by atomic mass is 16.5. The molecule has 1 unspecified atom stereocenters. The first kappa shape index (κ1) is 26.2. The van der Waals surface area contributed by atoms with E-state index in [0.717, 1.165) is 24.1 Å². The molecule has 2 amide bonds. The van der Waals surface area contributed by atoms with Gasteiger partial charge in [0, 0.05) is 18.5 Å². The number of nitrogens with one attached hydrogen (secondary N) is 3. The van der Waals surface area contributed by atoms with E-state index < -0.39 is 24.0 Å². The number of ether oxygens (including phenoxy) is 2. The van der Waals surface area contributed by atoms with Crippen LogP contribution in [0.15, 0.2) is 73.2 Å². The number of hydrogen-bond donors (Lipinski definition) is 3. The Morgan fingerprint density at radius 3 is 2.38 bits per heavy atom. The molecular formula is C28H33N5O4. The second-order valence-corrected chi connectivity index (χ2v) is 9.09. The molecular weight excluding hydrogens is 470 g/mol. The highest BCUT2D eigenvalue weighted by Crippen LogP contribution is 2.29. The Morgan fingerprint density at radius 1 is 1.11 bits per heavy atom. The molecule has 37 heavy (non-hydrogen) atoms. The smallest absolute Gasteiger partial charge is 0.407 e. The summed E-state index contributed by atoms with van der Waals surface area (Å²) in [6.45, 7) is 3.53. The average molecular weight is 504 g/mol. The summed E-state index contributed by atoms with van der Waals surface area (Å²) in [5.41, 5.74) is 2.97. The number of amides is 2. The van der Waals surface area contributed by atoms with E-state index in [-0.39, 0.29) is 6.10 Å². The lowest BCUT2D eigenvalue weighted by atomic mass is 9.84. The molecule has 3 atom stereocenters. The third kappa shape index (κ3) is 7.12. The molecule has 3 aromatic rings. The summed E-state index contributed by atoms with van der Waals surface area (Å²) in [7, 11) is 1.27. The fraction of sp³-hybridized carbons (Fsp3) is 0.357. The van der Waals surface area contributed by atoms with Crippen molar-refractivity contribution < 1.29 is 19.1 Å². The van der Waals surface area contributed by atoms with Crippen molar-refractivity contribution in [2.45, 2.75) is 43.9 Å². The molecule has 0 radical (unpaired) electrons. The van der Waals surface area contributed by atoms with Crippen LogP contribution in [-0.4, -0.2) is 60.4 Å². The number of nitrogens with zero attached hydrogens (tertiary/aromatic N) is 2. The molecule has 0 spiro atoms. The van der Waals surface area contributed by atoms with E-state index in [1.165, 1.54) is 13.4 Å². The maximum absolute atomic E-state index is 13.8. The Kier molecular flexibility index (Phi) is 9.18. The third-order valence-corrected chi connectivity index (χ3v) is 6.42. The Labute approximate surface area is 217 Å². The maximum Gasteiger partial charge on any atom is 0.407 e. The zero-order valence-corrected chi connectivity index (χ0v) is 21.1. The highest BCUT2D eigenvalue weighted by molar-refractivity contribution is 5.98. The Balaban J connectivity index is 1.58. The van der Waals surface area contributed by atoms with Crippen LogP contribution in [0.1, 0.15) is 36.1 Å². The van der Waals surface area contributed by atoms with Gasteiger partial charge in [0.05, 0.1) is 37.4 Å². The van der Waals surface area contributed by atoms with E-state index in [1.807, 2.05) is 60.7 Å². The summed E-state index contributed by atoms with van der Waals surface area (Å²) in [5, 5.41) is 9.13. The second-order valence-electron chi connectivity index (χ2n) is 9.09. The van der Waals surface area contributed by atoms with Crippen LogP contribution in [-0.2, 0) is 20.7 Å². The van der Waals surface area contributed by atoms with Crippen LogP contribution >= 0.6 is 0 Å². The summed E-state index contributed by atoms with van der Waals surface area (Å²) in [6.07, 6.45) is 3.78. The van der Waals surface area contributed by atoms with Gasteiger partial charge in [-0.2, -0.15) is 0 Å². The molecule has 9 heteroatoms. The normalized spacial score (nSPS) is 18.1. The second kappa shape index (κ2) is 12.9. The van der Waals surface area contributed by atoms with Crippen LogP contribution in [0, 0.1) is 0 Å². The lowest BCUT2D eigenvalue weighted by Gasteiger charge is -2.29. The van der Waals surface area contributed by atoms with Crippen LogP contribution in [0.2, 0.25) is 0 Å². The molecule has 3 N–H and O–H groups in total. The van der Waals surface area contributed by atoms with Crippen molar-refractivity contribution >= 4 is 17.7 Å². The van der Waals surface area contributed by atoms with Gasteiger partial charge in [-0.25, -0.2) is 14.8 Å². The number of aryl methyl sites for hydroxylation is 1. The monoisotopic (exact) mass is 503 g/mol. The fourth-order valence-electron chi connectivity index (χ4n) is 4.47. The van der Waals surface area contributed by atoms with Crippen LogP contribution in [0.3, 0.4) is 0 Å². The molecule has 0 bridgehead atoms. The Bertz CT molecular complexity index is 1110. The highest BCUT2D eigenvalue weighted by Gasteiger charge is 2.33. The van der Waals surface area contributed by atoms with Gasteiger partial charge < -0.3 is 25.4 Å². The SMILES string of the molecule is COC(=O)NC(C(=O)Nc1cncnc1CC[C@@H]1CN[C@H](C)CO1)C(c1ccccc1)c1ccccc1. The van der Waals surface area contributed by atoms with E-state index in [1.54, 1.807) is 6.20 Å². The molecule has 1 aliphatic rings. The molecule has 2 heterocycles. The zero-order chi connectivity index (χ0) is 26.0. The molecule has 194 valence electrons.